The normalized spacial score (nSPS) is 14.8. The van der Waals surface area contributed by atoms with Gasteiger partial charge in [0.15, 0.2) is 5.82 Å². The summed E-state index contributed by atoms with van der Waals surface area (Å²) in [7, 11) is 0. The summed E-state index contributed by atoms with van der Waals surface area (Å²) in [6.45, 7) is 11.3. The van der Waals surface area contributed by atoms with Crippen LogP contribution >= 0.6 is 0 Å². The van der Waals surface area contributed by atoms with Gasteiger partial charge in [-0.05, 0) is 56.7 Å². The molecule has 1 aliphatic rings. The molecule has 1 aromatic heterocycles. The van der Waals surface area contributed by atoms with Gasteiger partial charge in [-0.3, -0.25) is 9.69 Å². The molecule has 9 heteroatoms. The van der Waals surface area contributed by atoms with Crippen molar-refractivity contribution < 1.29 is 13.6 Å². The van der Waals surface area contributed by atoms with Crippen molar-refractivity contribution in [1.82, 2.24) is 25.0 Å². The molecular weight excluding hydrogens is 450 g/mol. The van der Waals surface area contributed by atoms with E-state index < -0.39 is 23.6 Å². The van der Waals surface area contributed by atoms with Gasteiger partial charge in [0.25, 0.3) is 5.91 Å². The first kappa shape index (κ1) is 24.8. The van der Waals surface area contributed by atoms with Crippen molar-refractivity contribution in [1.29, 1.82) is 0 Å². The fraction of sp³-hybridized carbons (Fsp3) is 0.423. The highest BCUT2D eigenvalue weighted by Crippen LogP contribution is 2.20. The van der Waals surface area contributed by atoms with Crippen molar-refractivity contribution in [3.8, 4) is 0 Å². The van der Waals surface area contributed by atoms with Crippen LogP contribution in [0.1, 0.15) is 54.4 Å². The Hall–Kier alpha value is -3.33. The Bertz CT molecular complexity index is 1160. The van der Waals surface area contributed by atoms with Gasteiger partial charge in [0, 0.05) is 51.4 Å². The molecule has 1 N–H and O–H groups in total. The van der Waals surface area contributed by atoms with Crippen LogP contribution in [0.2, 0.25) is 0 Å². The van der Waals surface area contributed by atoms with Gasteiger partial charge in [0.1, 0.15) is 17.5 Å². The van der Waals surface area contributed by atoms with Gasteiger partial charge in [0.2, 0.25) is 0 Å². The standard InChI is InChI=1S/C26H32F2N6O/c1-4-33(5-2)21-9-6-19(7-10-21)17-32-13-12-24-30-31-25(34(24)15-14-32)18(3)29-26(35)22-16-20(27)8-11-23(22)28/h6-11,16,18H,4-5,12-15,17H2,1-3H3,(H,29,35)/t18-/m0/s1. The van der Waals surface area contributed by atoms with Crippen molar-refractivity contribution in [2.45, 2.75) is 46.3 Å². The third-order valence-corrected chi connectivity index (χ3v) is 6.53. The number of benzene rings is 2. The number of nitrogens with one attached hydrogen (secondary N) is 1. The van der Waals surface area contributed by atoms with Crippen LogP contribution in [0.25, 0.3) is 0 Å². The van der Waals surface area contributed by atoms with Gasteiger partial charge in [-0.1, -0.05) is 12.1 Å². The van der Waals surface area contributed by atoms with E-state index in [1.54, 1.807) is 6.92 Å². The summed E-state index contributed by atoms with van der Waals surface area (Å²) in [5.41, 5.74) is 2.17. The fourth-order valence-electron chi connectivity index (χ4n) is 4.54. The Kier molecular flexibility index (Phi) is 7.75. The predicted octanol–water partition coefficient (Wildman–Crippen LogP) is 3.95. The second-order valence-corrected chi connectivity index (χ2v) is 8.81. The van der Waals surface area contributed by atoms with Gasteiger partial charge in [0.05, 0.1) is 11.6 Å². The second kappa shape index (κ2) is 10.9. The first-order valence-electron chi connectivity index (χ1n) is 12.1. The first-order chi connectivity index (χ1) is 16.9. The number of fused-ring (bicyclic) bond motifs is 1. The third-order valence-electron chi connectivity index (χ3n) is 6.53. The minimum Gasteiger partial charge on any atom is -0.372 e. The first-order valence-corrected chi connectivity index (χ1v) is 12.1. The Morgan fingerprint density at radius 3 is 2.51 bits per heavy atom. The van der Waals surface area contributed by atoms with Crippen LogP contribution in [-0.4, -0.2) is 51.8 Å². The lowest BCUT2D eigenvalue weighted by atomic mass is 10.1. The van der Waals surface area contributed by atoms with Gasteiger partial charge < -0.3 is 14.8 Å². The number of anilines is 1. The highest BCUT2D eigenvalue weighted by atomic mass is 19.1. The van der Waals surface area contributed by atoms with E-state index in [1.165, 1.54) is 11.3 Å². The van der Waals surface area contributed by atoms with Crippen molar-refractivity contribution in [2.75, 3.05) is 31.1 Å². The molecule has 0 aliphatic carbocycles. The molecule has 3 aromatic rings. The Labute approximate surface area is 204 Å². The summed E-state index contributed by atoms with van der Waals surface area (Å²) >= 11 is 0. The molecule has 35 heavy (non-hydrogen) atoms. The van der Waals surface area contributed by atoms with E-state index >= 15 is 0 Å². The molecule has 0 saturated heterocycles. The number of rotatable bonds is 8. The van der Waals surface area contributed by atoms with Gasteiger partial charge in [-0.15, -0.1) is 10.2 Å². The number of nitrogens with zero attached hydrogens (tertiary/aromatic N) is 5. The zero-order valence-electron chi connectivity index (χ0n) is 20.5. The molecule has 1 amide bonds. The number of hydrogen-bond acceptors (Lipinski definition) is 5. The van der Waals surface area contributed by atoms with Crippen molar-refractivity contribution in [3.05, 3.63) is 76.9 Å². The summed E-state index contributed by atoms with van der Waals surface area (Å²) in [6, 6.07) is 11.1. The SMILES string of the molecule is CCN(CC)c1ccc(CN2CCc3nnc([C@H](C)NC(=O)c4cc(F)ccc4F)n3CC2)cc1. The Balaban J connectivity index is 1.39. The maximum absolute atomic E-state index is 14.0. The number of amides is 1. The largest absolute Gasteiger partial charge is 0.372 e. The molecule has 0 bridgehead atoms. The molecule has 1 atom stereocenters. The Morgan fingerprint density at radius 1 is 1.06 bits per heavy atom. The highest BCUT2D eigenvalue weighted by molar-refractivity contribution is 5.94. The van der Waals surface area contributed by atoms with Gasteiger partial charge >= 0.3 is 0 Å². The van der Waals surface area contributed by atoms with Crippen LogP contribution in [0.5, 0.6) is 0 Å². The summed E-state index contributed by atoms with van der Waals surface area (Å²) in [5.74, 6) is -0.650. The number of carbonyl (C=O) groups is 1. The maximum Gasteiger partial charge on any atom is 0.254 e. The van der Waals surface area contributed by atoms with E-state index in [4.69, 9.17) is 0 Å². The number of hydrogen-bond donors (Lipinski definition) is 1. The molecule has 2 heterocycles. The van der Waals surface area contributed by atoms with E-state index in [2.05, 4.69) is 63.4 Å². The molecule has 0 spiro atoms. The van der Waals surface area contributed by atoms with E-state index in [0.717, 1.165) is 63.2 Å². The topological polar surface area (TPSA) is 66.3 Å². The smallest absolute Gasteiger partial charge is 0.254 e. The van der Waals surface area contributed by atoms with E-state index in [0.29, 0.717) is 12.4 Å². The number of halogens is 2. The van der Waals surface area contributed by atoms with Crippen LogP contribution in [0.15, 0.2) is 42.5 Å². The highest BCUT2D eigenvalue weighted by Gasteiger charge is 2.24. The summed E-state index contributed by atoms with van der Waals surface area (Å²) in [4.78, 5) is 17.2. The molecular formula is C26H32F2N6O. The zero-order valence-corrected chi connectivity index (χ0v) is 20.5. The minimum absolute atomic E-state index is 0.328. The number of carbonyl (C=O) groups excluding carboxylic acids is 1. The lowest BCUT2D eigenvalue weighted by Gasteiger charge is -2.23. The molecule has 0 unspecified atom stereocenters. The van der Waals surface area contributed by atoms with Crippen LogP contribution in [-0.2, 0) is 19.5 Å². The average Bonchev–Trinajstić information content (AvgIpc) is 3.16. The van der Waals surface area contributed by atoms with Crippen LogP contribution < -0.4 is 10.2 Å². The zero-order chi connectivity index (χ0) is 24.9. The quantitative estimate of drug-likeness (QED) is 0.527. The molecule has 7 nitrogen and oxygen atoms in total. The molecule has 186 valence electrons. The minimum atomic E-state index is -0.767. The van der Waals surface area contributed by atoms with E-state index in [1.807, 2.05) is 4.57 Å². The molecule has 0 fully saturated rings. The average molecular weight is 483 g/mol. The van der Waals surface area contributed by atoms with E-state index in [-0.39, 0.29) is 5.56 Å². The predicted molar refractivity (Wildman–Crippen MR) is 131 cm³/mol. The lowest BCUT2D eigenvalue weighted by molar-refractivity contribution is 0.0933. The van der Waals surface area contributed by atoms with Crippen molar-refractivity contribution in [3.63, 3.8) is 0 Å². The number of aromatic nitrogens is 3. The molecule has 2 aromatic carbocycles. The summed E-state index contributed by atoms with van der Waals surface area (Å²) < 4.78 is 29.5. The van der Waals surface area contributed by atoms with Crippen LogP contribution in [0.3, 0.4) is 0 Å². The molecule has 1 aliphatic heterocycles. The van der Waals surface area contributed by atoms with E-state index in [9.17, 15) is 13.6 Å². The van der Waals surface area contributed by atoms with Crippen molar-refractivity contribution >= 4 is 11.6 Å². The molecule has 4 rings (SSSR count). The van der Waals surface area contributed by atoms with Crippen LogP contribution in [0, 0.1) is 11.6 Å². The van der Waals surface area contributed by atoms with Crippen molar-refractivity contribution in [2.24, 2.45) is 0 Å². The third kappa shape index (κ3) is 5.67. The Morgan fingerprint density at radius 2 is 1.80 bits per heavy atom. The van der Waals surface area contributed by atoms with Gasteiger partial charge in [-0.25, -0.2) is 8.78 Å². The fourth-order valence-corrected chi connectivity index (χ4v) is 4.54. The van der Waals surface area contributed by atoms with Gasteiger partial charge in [-0.2, -0.15) is 0 Å². The molecule has 0 saturated carbocycles. The van der Waals surface area contributed by atoms with Crippen LogP contribution in [0.4, 0.5) is 14.5 Å². The maximum atomic E-state index is 14.0. The summed E-state index contributed by atoms with van der Waals surface area (Å²) in [6.07, 6.45) is 0.740. The lowest BCUT2D eigenvalue weighted by Crippen LogP contribution is -2.30. The monoisotopic (exact) mass is 482 g/mol. The second-order valence-electron chi connectivity index (χ2n) is 8.81. The summed E-state index contributed by atoms with van der Waals surface area (Å²) in [5, 5.41) is 11.3. The molecule has 0 radical (unpaired) electrons.